The highest BCUT2D eigenvalue weighted by Crippen LogP contribution is 2.08. The lowest BCUT2D eigenvalue weighted by Crippen LogP contribution is -2.30. The van der Waals surface area contributed by atoms with Crippen molar-refractivity contribution in [2.75, 3.05) is 24.8 Å². The highest BCUT2D eigenvalue weighted by atomic mass is 32.2. The minimum Gasteiger partial charge on any atom is -0.463 e. The van der Waals surface area contributed by atoms with Gasteiger partial charge in [0.2, 0.25) is 0 Å². The summed E-state index contributed by atoms with van der Waals surface area (Å²) in [5.74, 6) is -0.557. The third-order valence-corrected chi connectivity index (χ3v) is 3.59. The van der Waals surface area contributed by atoms with Crippen LogP contribution in [0.3, 0.4) is 0 Å². The molecule has 0 spiro atoms. The highest BCUT2D eigenvalue weighted by Gasteiger charge is 2.17. The molecule has 0 saturated carbocycles. The minimum atomic E-state index is -0.660. The van der Waals surface area contributed by atoms with Crippen LogP contribution in [0.4, 0.5) is 10.5 Å². The van der Waals surface area contributed by atoms with E-state index in [1.807, 2.05) is 36.6 Å². The number of alkyl carbamates (subject to hydrolysis) is 1. The number of anilines is 1. The number of hydrogen-bond donors (Lipinski definition) is 3. The number of benzene rings is 1. The first kappa shape index (κ1) is 23.4. The van der Waals surface area contributed by atoms with Gasteiger partial charge in [0.15, 0.2) is 5.17 Å². The molecule has 0 heterocycles. The Morgan fingerprint density at radius 1 is 1.21 bits per heavy atom. The molecule has 0 aromatic heterocycles. The summed E-state index contributed by atoms with van der Waals surface area (Å²) < 4.78 is 10.2. The number of aliphatic imine (C=N–C) groups is 1. The van der Waals surface area contributed by atoms with Crippen LogP contribution in [0.5, 0.6) is 0 Å². The van der Waals surface area contributed by atoms with Crippen LogP contribution >= 0.6 is 11.8 Å². The molecule has 28 heavy (non-hydrogen) atoms. The predicted molar refractivity (Wildman–Crippen MR) is 113 cm³/mol. The van der Waals surface area contributed by atoms with Gasteiger partial charge in [0.1, 0.15) is 5.60 Å². The second kappa shape index (κ2) is 11.9. The van der Waals surface area contributed by atoms with Gasteiger partial charge in [-0.2, -0.15) is 0 Å². The number of esters is 1. The quantitative estimate of drug-likeness (QED) is 0.209. The molecule has 9 heteroatoms. The fraction of sp³-hybridized carbons (Fsp3) is 0.421. The Morgan fingerprint density at radius 3 is 2.46 bits per heavy atom. The van der Waals surface area contributed by atoms with Crippen LogP contribution in [0.1, 0.15) is 27.7 Å². The van der Waals surface area contributed by atoms with E-state index in [-0.39, 0.29) is 18.7 Å². The second-order valence-corrected chi connectivity index (χ2v) is 7.27. The van der Waals surface area contributed by atoms with Crippen molar-refractivity contribution >= 4 is 34.7 Å². The molecule has 1 aromatic rings. The summed E-state index contributed by atoms with van der Waals surface area (Å²) in [6.07, 6.45) is 2.45. The van der Waals surface area contributed by atoms with E-state index >= 15 is 0 Å². The number of nitrogens with zero attached hydrogens (tertiary/aromatic N) is 1. The third-order valence-electron chi connectivity index (χ3n) is 2.97. The maximum atomic E-state index is 12.1. The molecule has 0 aliphatic heterocycles. The van der Waals surface area contributed by atoms with Gasteiger partial charge in [-0.3, -0.25) is 21.2 Å². The molecule has 1 rings (SSSR count). The molecule has 8 nitrogen and oxygen atoms in total. The van der Waals surface area contributed by atoms with E-state index in [0.717, 1.165) is 5.69 Å². The predicted octanol–water partition coefficient (Wildman–Crippen LogP) is 3.29. The summed E-state index contributed by atoms with van der Waals surface area (Å²) in [7, 11) is 0. The van der Waals surface area contributed by atoms with Crippen LogP contribution in [0, 0.1) is 0 Å². The number of hydrazine groups is 1. The molecule has 3 N–H and O–H groups in total. The van der Waals surface area contributed by atoms with Gasteiger partial charge in [-0.1, -0.05) is 30.0 Å². The van der Waals surface area contributed by atoms with Gasteiger partial charge in [-0.05, 0) is 46.1 Å². The van der Waals surface area contributed by atoms with Crippen LogP contribution in [0.25, 0.3) is 0 Å². The Kier molecular flexibility index (Phi) is 9.94. The van der Waals surface area contributed by atoms with E-state index in [1.54, 1.807) is 27.7 Å². The zero-order valence-corrected chi connectivity index (χ0v) is 17.7. The van der Waals surface area contributed by atoms with Crippen molar-refractivity contribution < 1.29 is 19.1 Å². The van der Waals surface area contributed by atoms with Crippen LogP contribution in [-0.4, -0.2) is 42.2 Å². The molecule has 0 saturated heterocycles. The standard InChI is InChI=1S/C19H28N4O4S/c1-6-26-16(24)14(13-21-18(25)27-19(2,3)4)12-20-17(28-5)23-22-15-10-8-7-9-11-15/h7-11,13,22H,6,12H2,1-5H3,(H,20,23)(H,21,25)/b14-13-. The Labute approximate surface area is 170 Å². The SMILES string of the molecule is CCOC(=O)/C(=C\NC(=O)OC(C)(C)C)CN=C(NNc1ccccc1)SC. The number of amides is 1. The Hall–Kier alpha value is -2.68. The van der Waals surface area contributed by atoms with E-state index < -0.39 is 17.7 Å². The number of ether oxygens (including phenoxy) is 2. The minimum absolute atomic E-state index is 0.0221. The lowest BCUT2D eigenvalue weighted by molar-refractivity contribution is -0.138. The molecular weight excluding hydrogens is 380 g/mol. The van der Waals surface area contributed by atoms with Crippen molar-refractivity contribution in [1.82, 2.24) is 10.7 Å². The van der Waals surface area contributed by atoms with E-state index in [2.05, 4.69) is 21.2 Å². The summed E-state index contributed by atoms with van der Waals surface area (Å²) in [5.41, 5.74) is 6.43. The molecule has 0 aliphatic rings. The van der Waals surface area contributed by atoms with Crippen molar-refractivity contribution in [2.24, 2.45) is 4.99 Å². The number of nitrogens with one attached hydrogen (secondary N) is 3. The molecule has 0 aliphatic carbocycles. The van der Waals surface area contributed by atoms with Crippen LogP contribution in [0.15, 0.2) is 47.1 Å². The molecule has 154 valence electrons. The largest absolute Gasteiger partial charge is 0.463 e. The molecule has 0 bridgehead atoms. The summed E-state index contributed by atoms with van der Waals surface area (Å²) in [5, 5.41) is 3.01. The summed E-state index contributed by atoms with van der Waals surface area (Å²) in [6.45, 7) is 7.21. The van der Waals surface area contributed by atoms with Gasteiger partial charge in [0.05, 0.1) is 24.4 Å². The van der Waals surface area contributed by atoms with Crippen molar-refractivity contribution in [3.05, 3.63) is 42.1 Å². The number of hydrogen-bond acceptors (Lipinski definition) is 7. The van der Waals surface area contributed by atoms with Gasteiger partial charge in [0.25, 0.3) is 0 Å². The molecule has 0 atom stereocenters. The lowest BCUT2D eigenvalue weighted by Gasteiger charge is -2.19. The number of thioether (sulfide) groups is 1. The molecule has 0 fully saturated rings. The topological polar surface area (TPSA) is 101 Å². The van der Waals surface area contributed by atoms with Crippen LogP contribution in [-0.2, 0) is 14.3 Å². The molecule has 1 aromatic carbocycles. The fourth-order valence-electron chi connectivity index (χ4n) is 1.81. The summed E-state index contributed by atoms with van der Waals surface area (Å²) in [4.78, 5) is 28.3. The number of amidine groups is 1. The smallest absolute Gasteiger partial charge is 0.411 e. The van der Waals surface area contributed by atoms with Crippen molar-refractivity contribution in [2.45, 2.75) is 33.3 Å². The van der Waals surface area contributed by atoms with Gasteiger partial charge < -0.3 is 9.47 Å². The van der Waals surface area contributed by atoms with Gasteiger partial charge >= 0.3 is 12.1 Å². The van der Waals surface area contributed by atoms with Crippen LogP contribution in [0.2, 0.25) is 0 Å². The van der Waals surface area contributed by atoms with Crippen molar-refractivity contribution in [3.63, 3.8) is 0 Å². The number of carbonyl (C=O) groups excluding carboxylic acids is 2. The number of carbonyl (C=O) groups is 2. The maximum absolute atomic E-state index is 12.1. The molecule has 0 radical (unpaired) electrons. The Bertz CT molecular complexity index is 700. The maximum Gasteiger partial charge on any atom is 0.411 e. The van der Waals surface area contributed by atoms with Crippen molar-refractivity contribution in [3.8, 4) is 0 Å². The molecule has 1 amide bonds. The van der Waals surface area contributed by atoms with Crippen molar-refractivity contribution in [1.29, 1.82) is 0 Å². The Morgan fingerprint density at radius 2 is 1.89 bits per heavy atom. The molecule has 0 unspecified atom stereocenters. The zero-order chi connectivity index (χ0) is 21.0. The monoisotopic (exact) mass is 408 g/mol. The second-order valence-electron chi connectivity index (χ2n) is 6.48. The summed E-state index contributed by atoms with van der Waals surface area (Å²) in [6, 6.07) is 9.54. The first-order valence-electron chi connectivity index (χ1n) is 8.76. The first-order chi connectivity index (χ1) is 13.2. The average molecular weight is 409 g/mol. The van der Waals surface area contributed by atoms with E-state index in [1.165, 1.54) is 18.0 Å². The van der Waals surface area contributed by atoms with Gasteiger partial charge in [0, 0.05) is 6.20 Å². The zero-order valence-electron chi connectivity index (χ0n) is 16.9. The van der Waals surface area contributed by atoms with Crippen LogP contribution < -0.4 is 16.2 Å². The van der Waals surface area contributed by atoms with E-state index in [4.69, 9.17) is 9.47 Å². The Balaban J connectivity index is 2.77. The normalized spacial score (nSPS) is 12.2. The molecular formula is C19H28N4O4S. The average Bonchev–Trinajstić information content (AvgIpc) is 2.63. The number of para-hydroxylation sites is 1. The highest BCUT2D eigenvalue weighted by molar-refractivity contribution is 8.13. The third kappa shape index (κ3) is 9.86. The van der Waals surface area contributed by atoms with E-state index in [0.29, 0.717) is 5.17 Å². The van der Waals surface area contributed by atoms with E-state index in [9.17, 15) is 9.59 Å². The van der Waals surface area contributed by atoms with Gasteiger partial charge in [-0.15, -0.1) is 0 Å². The summed E-state index contributed by atoms with van der Waals surface area (Å²) >= 11 is 1.37. The lowest BCUT2D eigenvalue weighted by atomic mass is 10.2. The van der Waals surface area contributed by atoms with Gasteiger partial charge in [-0.25, -0.2) is 9.59 Å². The number of rotatable bonds is 7. The fourth-order valence-corrected chi connectivity index (χ4v) is 2.15. The first-order valence-corrected chi connectivity index (χ1v) is 9.98.